The standard InChI is InChI=1S/C22H20FN3OS/c23-20-7-4-8-21(13-20)27-15-18-11-9-17(10-12-18)14-25-26-22(24)28-16-19-5-2-1-3-6-19/h1-14H,15-16H2,(H2,24,26). The maximum atomic E-state index is 13.1. The molecule has 0 aliphatic heterocycles. The van der Waals surface area contributed by atoms with Gasteiger partial charge in [-0.1, -0.05) is 72.4 Å². The van der Waals surface area contributed by atoms with Gasteiger partial charge in [0, 0.05) is 11.8 Å². The van der Waals surface area contributed by atoms with Crippen LogP contribution in [0.4, 0.5) is 4.39 Å². The summed E-state index contributed by atoms with van der Waals surface area (Å²) in [5.41, 5.74) is 8.93. The van der Waals surface area contributed by atoms with Crippen LogP contribution in [0.25, 0.3) is 0 Å². The average Bonchev–Trinajstić information content (AvgIpc) is 2.72. The van der Waals surface area contributed by atoms with Gasteiger partial charge in [0.15, 0.2) is 5.17 Å². The van der Waals surface area contributed by atoms with E-state index in [0.717, 1.165) is 16.9 Å². The predicted molar refractivity (Wildman–Crippen MR) is 114 cm³/mol. The fourth-order valence-electron chi connectivity index (χ4n) is 2.34. The molecule has 0 aliphatic carbocycles. The number of benzene rings is 3. The molecule has 6 heteroatoms. The lowest BCUT2D eigenvalue weighted by Crippen LogP contribution is -2.06. The lowest BCUT2D eigenvalue weighted by atomic mass is 10.1. The molecule has 0 atom stereocenters. The van der Waals surface area contributed by atoms with E-state index in [1.54, 1.807) is 18.3 Å². The molecule has 0 saturated carbocycles. The second-order valence-corrected chi connectivity index (χ2v) is 6.94. The number of thioether (sulfide) groups is 1. The maximum absolute atomic E-state index is 13.1. The van der Waals surface area contributed by atoms with Gasteiger partial charge in [0.1, 0.15) is 18.2 Å². The Labute approximate surface area is 168 Å². The van der Waals surface area contributed by atoms with Crippen LogP contribution in [0.2, 0.25) is 0 Å². The molecule has 0 fully saturated rings. The highest BCUT2D eigenvalue weighted by atomic mass is 32.2. The van der Waals surface area contributed by atoms with Crippen molar-refractivity contribution in [2.75, 3.05) is 0 Å². The summed E-state index contributed by atoms with van der Waals surface area (Å²) in [6.45, 7) is 0.363. The third kappa shape index (κ3) is 6.55. The second-order valence-electron chi connectivity index (χ2n) is 5.94. The van der Waals surface area contributed by atoms with Crippen molar-refractivity contribution in [1.29, 1.82) is 0 Å². The number of hydrogen-bond donors (Lipinski definition) is 1. The first kappa shape index (κ1) is 19.6. The lowest BCUT2D eigenvalue weighted by Gasteiger charge is -2.06. The van der Waals surface area contributed by atoms with E-state index in [4.69, 9.17) is 10.5 Å². The monoisotopic (exact) mass is 393 g/mol. The Morgan fingerprint density at radius 3 is 2.50 bits per heavy atom. The summed E-state index contributed by atoms with van der Waals surface area (Å²) in [5, 5.41) is 8.46. The summed E-state index contributed by atoms with van der Waals surface area (Å²) >= 11 is 1.44. The number of amidine groups is 1. The highest BCUT2D eigenvalue weighted by molar-refractivity contribution is 8.13. The third-order valence-corrected chi connectivity index (χ3v) is 4.63. The van der Waals surface area contributed by atoms with Crippen molar-refractivity contribution in [2.24, 2.45) is 15.9 Å². The zero-order chi connectivity index (χ0) is 19.6. The first-order valence-electron chi connectivity index (χ1n) is 8.69. The third-order valence-electron chi connectivity index (χ3n) is 3.77. The van der Waals surface area contributed by atoms with E-state index in [-0.39, 0.29) is 5.82 Å². The minimum atomic E-state index is -0.314. The molecule has 0 aromatic heterocycles. The smallest absolute Gasteiger partial charge is 0.180 e. The van der Waals surface area contributed by atoms with Crippen LogP contribution in [0, 0.1) is 5.82 Å². The van der Waals surface area contributed by atoms with Crippen LogP contribution in [0.3, 0.4) is 0 Å². The van der Waals surface area contributed by atoms with Gasteiger partial charge in [-0.2, -0.15) is 5.10 Å². The van der Waals surface area contributed by atoms with Crippen molar-refractivity contribution in [3.63, 3.8) is 0 Å². The highest BCUT2D eigenvalue weighted by Gasteiger charge is 1.99. The molecule has 3 rings (SSSR count). The Balaban J connectivity index is 1.47. The van der Waals surface area contributed by atoms with E-state index in [9.17, 15) is 4.39 Å². The van der Waals surface area contributed by atoms with Gasteiger partial charge in [-0.05, 0) is 28.8 Å². The molecule has 3 aromatic rings. The van der Waals surface area contributed by atoms with Crippen molar-refractivity contribution in [3.8, 4) is 5.75 Å². The van der Waals surface area contributed by atoms with Crippen molar-refractivity contribution in [1.82, 2.24) is 0 Å². The van der Waals surface area contributed by atoms with Gasteiger partial charge in [0.05, 0.1) is 6.21 Å². The fourth-order valence-corrected chi connectivity index (χ4v) is 2.95. The van der Waals surface area contributed by atoms with E-state index in [1.807, 2.05) is 54.6 Å². The SMILES string of the molecule is NC(=NN=Cc1ccc(COc2cccc(F)c2)cc1)SCc1ccccc1. The van der Waals surface area contributed by atoms with Crippen molar-refractivity contribution in [2.45, 2.75) is 12.4 Å². The Kier molecular flexibility index (Phi) is 7.21. The number of ether oxygens (including phenoxy) is 1. The number of nitrogens with zero attached hydrogens (tertiary/aromatic N) is 2. The number of rotatable bonds is 7. The molecular weight excluding hydrogens is 373 g/mol. The van der Waals surface area contributed by atoms with Crippen molar-refractivity contribution >= 4 is 23.1 Å². The summed E-state index contributed by atoms with van der Waals surface area (Å²) in [6.07, 6.45) is 1.65. The number of hydrogen-bond acceptors (Lipinski definition) is 4. The minimum Gasteiger partial charge on any atom is -0.489 e. The molecule has 0 heterocycles. The Morgan fingerprint density at radius 2 is 1.75 bits per heavy atom. The van der Waals surface area contributed by atoms with E-state index >= 15 is 0 Å². The van der Waals surface area contributed by atoms with Crippen LogP contribution in [0.1, 0.15) is 16.7 Å². The minimum absolute atomic E-state index is 0.314. The molecule has 4 nitrogen and oxygen atoms in total. The fraction of sp³-hybridized carbons (Fsp3) is 0.0909. The van der Waals surface area contributed by atoms with Gasteiger partial charge in [-0.25, -0.2) is 4.39 Å². The van der Waals surface area contributed by atoms with E-state index < -0.39 is 0 Å². The molecule has 3 aromatic carbocycles. The molecule has 0 saturated heterocycles. The summed E-state index contributed by atoms with van der Waals surface area (Å²) < 4.78 is 18.7. The van der Waals surface area contributed by atoms with Crippen LogP contribution in [0.5, 0.6) is 5.75 Å². The van der Waals surface area contributed by atoms with E-state index in [2.05, 4.69) is 10.2 Å². The quantitative estimate of drug-likeness (QED) is 0.350. The van der Waals surface area contributed by atoms with Gasteiger partial charge in [0.25, 0.3) is 0 Å². The lowest BCUT2D eigenvalue weighted by molar-refractivity contribution is 0.304. The van der Waals surface area contributed by atoms with Gasteiger partial charge in [-0.3, -0.25) is 0 Å². The Bertz CT molecular complexity index is 944. The summed E-state index contributed by atoms with van der Waals surface area (Å²) in [4.78, 5) is 0. The predicted octanol–water partition coefficient (Wildman–Crippen LogP) is 4.99. The number of halogens is 1. The molecule has 2 N–H and O–H groups in total. The largest absolute Gasteiger partial charge is 0.489 e. The first-order chi connectivity index (χ1) is 13.7. The summed E-state index contributed by atoms with van der Waals surface area (Å²) in [7, 11) is 0. The molecule has 0 radical (unpaired) electrons. The summed E-state index contributed by atoms with van der Waals surface area (Å²) in [5.74, 6) is 0.945. The van der Waals surface area contributed by atoms with Crippen LogP contribution in [0.15, 0.2) is 89.1 Å². The Morgan fingerprint density at radius 1 is 0.964 bits per heavy atom. The zero-order valence-corrected chi connectivity index (χ0v) is 16.0. The molecule has 142 valence electrons. The van der Waals surface area contributed by atoms with Gasteiger partial charge >= 0.3 is 0 Å². The highest BCUT2D eigenvalue weighted by Crippen LogP contribution is 2.14. The molecule has 0 amide bonds. The van der Waals surface area contributed by atoms with Crippen molar-refractivity contribution in [3.05, 3.63) is 101 Å². The van der Waals surface area contributed by atoms with Gasteiger partial charge in [-0.15, -0.1) is 5.10 Å². The van der Waals surface area contributed by atoms with Crippen molar-refractivity contribution < 1.29 is 9.13 Å². The molecule has 28 heavy (non-hydrogen) atoms. The van der Waals surface area contributed by atoms with Crippen LogP contribution < -0.4 is 10.5 Å². The molecule has 0 unspecified atom stereocenters. The maximum Gasteiger partial charge on any atom is 0.180 e. The zero-order valence-electron chi connectivity index (χ0n) is 15.2. The van der Waals surface area contributed by atoms with Gasteiger partial charge < -0.3 is 10.5 Å². The topological polar surface area (TPSA) is 60.0 Å². The Hall–Kier alpha value is -3.12. The van der Waals surface area contributed by atoms with Gasteiger partial charge in [0.2, 0.25) is 0 Å². The molecular formula is C22H20FN3OS. The van der Waals surface area contributed by atoms with E-state index in [0.29, 0.717) is 17.5 Å². The van der Waals surface area contributed by atoms with Crippen LogP contribution in [-0.2, 0) is 12.4 Å². The van der Waals surface area contributed by atoms with E-state index in [1.165, 1.54) is 29.5 Å². The summed E-state index contributed by atoms with van der Waals surface area (Å²) in [6, 6.07) is 23.8. The first-order valence-corrected chi connectivity index (χ1v) is 9.68. The molecule has 0 aliphatic rings. The normalized spacial score (nSPS) is 11.7. The molecule has 0 bridgehead atoms. The van der Waals surface area contributed by atoms with Crippen LogP contribution >= 0.6 is 11.8 Å². The number of nitrogens with two attached hydrogens (primary N) is 1. The van der Waals surface area contributed by atoms with Crippen LogP contribution in [-0.4, -0.2) is 11.4 Å². The molecule has 0 spiro atoms. The average molecular weight is 393 g/mol. The second kappa shape index (κ2) is 10.3.